The van der Waals surface area contributed by atoms with Crippen molar-refractivity contribution in [2.45, 2.75) is 31.4 Å². The van der Waals surface area contributed by atoms with Crippen LogP contribution in [0.2, 0.25) is 0 Å². The van der Waals surface area contributed by atoms with Gasteiger partial charge in [0.25, 0.3) is 0 Å². The van der Waals surface area contributed by atoms with Crippen LogP contribution in [0.25, 0.3) is 11.0 Å². The Labute approximate surface area is 119 Å². The van der Waals surface area contributed by atoms with Crippen LogP contribution in [-0.2, 0) is 7.05 Å². The smallest absolute Gasteiger partial charge is 0.154 e. The molecule has 0 aliphatic carbocycles. The van der Waals surface area contributed by atoms with Crippen molar-refractivity contribution in [3.63, 3.8) is 0 Å². The molecule has 0 fully saturated rings. The summed E-state index contributed by atoms with van der Waals surface area (Å²) in [4.78, 5) is 8.86. The van der Waals surface area contributed by atoms with E-state index in [1.54, 1.807) is 0 Å². The molecule has 0 saturated heterocycles. The molecule has 2 heterocycles. The molecular weight excluding hydrogens is 256 g/mol. The van der Waals surface area contributed by atoms with Crippen LogP contribution in [0.5, 0.6) is 0 Å². The standard InChI is InChI=1S/C14H22N4S/c1-5-14(6-2,19-4)9-16-13-12-11(7-8-15-13)18(3)10-17-12/h7-8,10H,5-6,9H2,1-4H3,(H,15,16). The lowest BCUT2D eigenvalue weighted by molar-refractivity contribution is 0.574. The summed E-state index contributed by atoms with van der Waals surface area (Å²) < 4.78 is 2.29. The third-order valence-electron chi connectivity index (χ3n) is 3.94. The molecule has 0 unspecified atom stereocenters. The average molecular weight is 278 g/mol. The molecule has 0 aromatic carbocycles. The fourth-order valence-corrected chi connectivity index (χ4v) is 3.09. The fraction of sp³-hybridized carbons (Fsp3) is 0.571. The fourth-order valence-electron chi connectivity index (χ4n) is 2.30. The van der Waals surface area contributed by atoms with E-state index in [2.05, 4.69) is 35.4 Å². The van der Waals surface area contributed by atoms with Gasteiger partial charge >= 0.3 is 0 Å². The quantitative estimate of drug-likeness (QED) is 0.880. The number of nitrogens with zero attached hydrogens (tertiary/aromatic N) is 3. The number of aryl methyl sites for hydroxylation is 1. The summed E-state index contributed by atoms with van der Waals surface area (Å²) in [5.41, 5.74) is 2.06. The normalized spacial score (nSPS) is 12.0. The van der Waals surface area contributed by atoms with Gasteiger partial charge in [0.15, 0.2) is 5.82 Å². The molecule has 0 bridgehead atoms. The highest BCUT2D eigenvalue weighted by atomic mass is 32.2. The van der Waals surface area contributed by atoms with Gasteiger partial charge in [0.2, 0.25) is 0 Å². The van der Waals surface area contributed by atoms with Crippen molar-refractivity contribution >= 4 is 28.6 Å². The molecule has 104 valence electrons. The molecule has 0 radical (unpaired) electrons. The van der Waals surface area contributed by atoms with Crippen molar-refractivity contribution < 1.29 is 0 Å². The highest BCUT2D eigenvalue weighted by Gasteiger charge is 2.25. The van der Waals surface area contributed by atoms with Gasteiger partial charge in [0, 0.05) is 24.5 Å². The zero-order valence-corrected chi connectivity index (χ0v) is 12.9. The summed E-state index contributed by atoms with van der Waals surface area (Å²) in [5.74, 6) is 0.887. The molecule has 1 N–H and O–H groups in total. The number of thioether (sulfide) groups is 1. The maximum Gasteiger partial charge on any atom is 0.154 e. The second-order valence-corrected chi connectivity index (χ2v) is 6.10. The van der Waals surface area contributed by atoms with Gasteiger partial charge in [-0.05, 0) is 25.2 Å². The van der Waals surface area contributed by atoms with Crippen LogP contribution in [0, 0.1) is 0 Å². The first-order valence-electron chi connectivity index (χ1n) is 6.71. The number of nitrogens with one attached hydrogen (secondary N) is 1. The predicted molar refractivity (Wildman–Crippen MR) is 83.8 cm³/mol. The van der Waals surface area contributed by atoms with Crippen LogP contribution in [0.4, 0.5) is 5.82 Å². The van der Waals surface area contributed by atoms with E-state index in [1.807, 2.05) is 42.0 Å². The van der Waals surface area contributed by atoms with Crippen molar-refractivity contribution in [2.75, 3.05) is 18.1 Å². The van der Waals surface area contributed by atoms with Gasteiger partial charge in [-0.15, -0.1) is 0 Å². The van der Waals surface area contributed by atoms with Crippen LogP contribution < -0.4 is 5.32 Å². The van der Waals surface area contributed by atoms with Crippen molar-refractivity contribution in [1.82, 2.24) is 14.5 Å². The van der Waals surface area contributed by atoms with Gasteiger partial charge in [-0.1, -0.05) is 13.8 Å². The molecule has 0 aliphatic heterocycles. The first kappa shape index (κ1) is 14.2. The van der Waals surface area contributed by atoms with E-state index in [4.69, 9.17) is 0 Å². The Morgan fingerprint density at radius 2 is 2.05 bits per heavy atom. The van der Waals surface area contributed by atoms with Gasteiger partial charge in [0.05, 0.1) is 11.8 Å². The lowest BCUT2D eigenvalue weighted by Crippen LogP contribution is -2.32. The van der Waals surface area contributed by atoms with E-state index >= 15 is 0 Å². The number of pyridine rings is 1. The third-order valence-corrected chi connectivity index (χ3v) is 5.53. The minimum Gasteiger partial charge on any atom is -0.367 e. The summed E-state index contributed by atoms with van der Waals surface area (Å²) in [7, 11) is 2.00. The zero-order valence-electron chi connectivity index (χ0n) is 12.1. The van der Waals surface area contributed by atoms with E-state index in [-0.39, 0.29) is 4.75 Å². The minimum absolute atomic E-state index is 0.276. The Kier molecular flexibility index (Phi) is 4.34. The van der Waals surface area contributed by atoms with Gasteiger partial charge in [-0.2, -0.15) is 11.8 Å². The van der Waals surface area contributed by atoms with E-state index in [9.17, 15) is 0 Å². The Hall–Kier alpha value is -1.23. The van der Waals surface area contributed by atoms with Crippen LogP contribution in [0.1, 0.15) is 26.7 Å². The lowest BCUT2D eigenvalue weighted by atomic mass is 10.0. The van der Waals surface area contributed by atoms with Crippen LogP contribution in [0.3, 0.4) is 0 Å². The van der Waals surface area contributed by atoms with Crippen molar-refractivity contribution in [3.05, 3.63) is 18.6 Å². The maximum atomic E-state index is 4.43. The summed E-state index contributed by atoms with van der Waals surface area (Å²) >= 11 is 1.93. The zero-order chi connectivity index (χ0) is 13.9. The number of aromatic nitrogens is 3. The molecule has 2 aromatic heterocycles. The van der Waals surface area contributed by atoms with Crippen LogP contribution >= 0.6 is 11.8 Å². The summed E-state index contributed by atoms with van der Waals surface area (Å²) in [5, 5.41) is 3.49. The van der Waals surface area contributed by atoms with Crippen molar-refractivity contribution in [2.24, 2.45) is 7.05 Å². The van der Waals surface area contributed by atoms with Crippen molar-refractivity contribution in [1.29, 1.82) is 0 Å². The molecule has 2 aromatic rings. The largest absolute Gasteiger partial charge is 0.367 e. The number of hydrogen-bond donors (Lipinski definition) is 1. The lowest BCUT2D eigenvalue weighted by Gasteiger charge is -2.30. The van der Waals surface area contributed by atoms with E-state index in [1.165, 1.54) is 0 Å². The molecule has 4 nitrogen and oxygen atoms in total. The Bertz CT molecular complexity index is 537. The van der Waals surface area contributed by atoms with Gasteiger partial charge in [-0.25, -0.2) is 9.97 Å². The van der Waals surface area contributed by atoms with Gasteiger partial charge in [0.1, 0.15) is 5.52 Å². The number of fused-ring (bicyclic) bond motifs is 1. The number of imidazole rings is 1. The topological polar surface area (TPSA) is 42.7 Å². The third kappa shape index (κ3) is 2.71. The average Bonchev–Trinajstić information content (AvgIpc) is 2.84. The molecule has 0 amide bonds. The number of anilines is 1. The molecule has 0 aliphatic rings. The van der Waals surface area contributed by atoms with E-state index in [0.29, 0.717) is 0 Å². The minimum atomic E-state index is 0.276. The monoisotopic (exact) mass is 278 g/mol. The summed E-state index contributed by atoms with van der Waals surface area (Å²) in [6.07, 6.45) is 8.15. The second-order valence-electron chi connectivity index (χ2n) is 4.83. The van der Waals surface area contributed by atoms with Crippen LogP contribution in [-0.4, -0.2) is 32.1 Å². The molecule has 0 atom stereocenters. The number of hydrogen-bond acceptors (Lipinski definition) is 4. The molecule has 19 heavy (non-hydrogen) atoms. The van der Waals surface area contributed by atoms with E-state index in [0.717, 1.165) is 36.2 Å². The van der Waals surface area contributed by atoms with Crippen LogP contribution in [0.15, 0.2) is 18.6 Å². The number of rotatable bonds is 6. The van der Waals surface area contributed by atoms with E-state index < -0.39 is 0 Å². The van der Waals surface area contributed by atoms with Gasteiger partial charge < -0.3 is 9.88 Å². The van der Waals surface area contributed by atoms with Crippen molar-refractivity contribution in [3.8, 4) is 0 Å². The predicted octanol–water partition coefficient (Wildman–Crippen LogP) is 3.30. The summed E-state index contributed by atoms with van der Waals surface area (Å²) in [6.45, 7) is 5.41. The first-order chi connectivity index (χ1) is 9.15. The molecule has 2 rings (SSSR count). The van der Waals surface area contributed by atoms with Gasteiger partial charge in [-0.3, -0.25) is 0 Å². The SMILES string of the molecule is CCC(CC)(CNc1nccc2c1ncn2C)SC. The maximum absolute atomic E-state index is 4.43. The second kappa shape index (κ2) is 5.82. The highest BCUT2D eigenvalue weighted by Crippen LogP contribution is 2.31. The first-order valence-corrected chi connectivity index (χ1v) is 7.93. The summed E-state index contributed by atoms with van der Waals surface area (Å²) in [6, 6.07) is 2.00. The molecule has 0 spiro atoms. The molecule has 0 saturated carbocycles. The Balaban J connectivity index is 2.22. The highest BCUT2D eigenvalue weighted by molar-refractivity contribution is 8.00. The molecular formula is C14H22N4S. The Morgan fingerprint density at radius 1 is 1.32 bits per heavy atom. The molecule has 5 heteroatoms. The Morgan fingerprint density at radius 3 is 2.68 bits per heavy atom.